The van der Waals surface area contributed by atoms with Gasteiger partial charge in [0.15, 0.2) is 17.5 Å². The summed E-state index contributed by atoms with van der Waals surface area (Å²) in [6, 6.07) is 67.4. The second kappa shape index (κ2) is 13.3. The number of aromatic nitrogens is 4. The number of furan rings is 1. The average Bonchev–Trinajstić information content (AvgIpc) is 3.72. The predicted octanol–water partition coefficient (Wildman–Crippen LogP) is 14.1. The van der Waals surface area contributed by atoms with Gasteiger partial charge < -0.3 is 4.42 Å². The fourth-order valence-corrected chi connectivity index (χ4v) is 8.66. The maximum Gasteiger partial charge on any atom is 0.164 e. The lowest BCUT2D eigenvalue weighted by Crippen LogP contribution is -2.00. The van der Waals surface area contributed by atoms with Crippen molar-refractivity contribution in [3.05, 3.63) is 194 Å². The van der Waals surface area contributed by atoms with Crippen LogP contribution >= 0.6 is 0 Å². The van der Waals surface area contributed by atoms with Gasteiger partial charge in [0.05, 0.1) is 16.6 Å². The number of hydrogen-bond acceptors (Lipinski definition) is 5. The number of para-hydroxylation sites is 1. The fourth-order valence-electron chi connectivity index (χ4n) is 8.66. The Morgan fingerprint density at radius 2 is 0.729 bits per heavy atom. The lowest BCUT2D eigenvalue weighted by molar-refractivity contribution is 0.672. The summed E-state index contributed by atoms with van der Waals surface area (Å²) in [5, 5.41) is 10.3. The quantitative estimate of drug-likeness (QED) is 0.164. The third-order valence-electron chi connectivity index (χ3n) is 11.5. The number of nitrogens with zero attached hydrogens (tertiary/aromatic N) is 4. The molecule has 0 aliphatic heterocycles. The molecule has 0 aliphatic rings. The number of fused-ring (bicyclic) bond motifs is 11. The SMILES string of the molecule is c1ccc(-c2ccc(-c3nc(-c4ccccc4)nc(-c4ccc5c(c4)nc(-c4ccc6c7ccccc7c7ccccc7c6c4)c4c6ccccc6oc54)n3)cc2)cc1. The zero-order chi connectivity index (χ0) is 38.9. The standard InChI is InChI=1S/C54H32N4O/c1-3-13-33(14-4-1)34-23-25-36(26-24-34)53-56-52(35-15-5-2-6-16-35)57-54(58-53)38-28-30-44-47(32-38)55-50(49-45-21-11-12-22-48(45)59-51(44)49)37-27-29-43-41-19-8-7-17-39(41)40-18-9-10-20-42(40)46(43)31-37/h1-32H. The summed E-state index contributed by atoms with van der Waals surface area (Å²) in [5.41, 5.74) is 9.27. The van der Waals surface area contributed by atoms with Gasteiger partial charge >= 0.3 is 0 Å². The van der Waals surface area contributed by atoms with Crippen LogP contribution in [0.15, 0.2) is 199 Å². The number of rotatable bonds is 5. The summed E-state index contributed by atoms with van der Waals surface area (Å²) in [6.07, 6.45) is 0. The molecule has 0 aliphatic carbocycles. The summed E-state index contributed by atoms with van der Waals surface area (Å²) in [7, 11) is 0. The summed E-state index contributed by atoms with van der Waals surface area (Å²) < 4.78 is 6.70. The minimum atomic E-state index is 0.569. The van der Waals surface area contributed by atoms with Crippen LogP contribution in [0, 0.1) is 0 Å². The van der Waals surface area contributed by atoms with Crippen molar-refractivity contribution in [2.45, 2.75) is 0 Å². The summed E-state index contributed by atoms with van der Waals surface area (Å²) in [4.78, 5) is 20.7. The Balaban J connectivity index is 1.07. The highest BCUT2D eigenvalue weighted by Crippen LogP contribution is 2.43. The molecule has 0 fully saturated rings. The molecule has 0 bridgehead atoms. The van der Waals surface area contributed by atoms with Crippen LogP contribution in [0.1, 0.15) is 0 Å². The molecule has 3 heterocycles. The molecule has 12 rings (SSSR count). The van der Waals surface area contributed by atoms with E-state index in [2.05, 4.69) is 146 Å². The van der Waals surface area contributed by atoms with Crippen molar-refractivity contribution in [1.29, 1.82) is 0 Å². The van der Waals surface area contributed by atoms with Gasteiger partial charge in [-0.1, -0.05) is 170 Å². The van der Waals surface area contributed by atoms with E-state index in [0.29, 0.717) is 17.5 Å². The Labute approximate surface area is 338 Å². The molecule has 0 unspecified atom stereocenters. The smallest absolute Gasteiger partial charge is 0.164 e. The molecule has 0 saturated heterocycles. The molecule has 0 spiro atoms. The zero-order valence-corrected chi connectivity index (χ0v) is 31.7. The van der Waals surface area contributed by atoms with Gasteiger partial charge in [-0.15, -0.1) is 0 Å². The predicted molar refractivity (Wildman–Crippen MR) is 242 cm³/mol. The van der Waals surface area contributed by atoms with E-state index in [4.69, 9.17) is 24.4 Å². The van der Waals surface area contributed by atoms with Crippen LogP contribution in [0.2, 0.25) is 0 Å². The topological polar surface area (TPSA) is 64.7 Å². The third-order valence-corrected chi connectivity index (χ3v) is 11.5. The molecule has 274 valence electrons. The van der Waals surface area contributed by atoms with E-state index in [1.807, 2.05) is 48.5 Å². The fraction of sp³-hybridized carbons (Fsp3) is 0. The van der Waals surface area contributed by atoms with Gasteiger partial charge in [-0.05, 0) is 67.7 Å². The maximum atomic E-state index is 6.70. The van der Waals surface area contributed by atoms with Crippen LogP contribution in [0.5, 0.6) is 0 Å². The Morgan fingerprint density at radius 3 is 1.39 bits per heavy atom. The van der Waals surface area contributed by atoms with Gasteiger partial charge in [-0.25, -0.2) is 19.9 Å². The molecule has 5 heteroatoms. The molecule has 12 aromatic rings. The summed E-state index contributed by atoms with van der Waals surface area (Å²) >= 11 is 0. The Bertz CT molecular complexity index is 3560. The van der Waals surface area contributed by atoms with Crippen LogP contribution < -0.4 is 0 Å². The van der Waals surface area contributed by atoms with Gasteiger partial charge in [-0.3, -0.25) is 0 Å². The van der Waals surface area contributed by atoms with Crippen molar-refractivity contribution in [2.75, 3.05) is 0 Å². The molecule has 9 aromatic carbocycles. The molecule has 0 saturated carbocycles. The highest BCUT2D eigenvalue weighted by Gasteiger charge is 2.20. The first-order valence-electron chi connectivity index (χ1n) is 19.8. The van der Waals surface area contributed by atoms with Crippen molar-refractivity contribution < 1.29 is 4.42 Å². The van der Waals surface area contributed by atoms with E-state index < -0.39 is 0 Å². The van der Waals surface area contributed by atoms with E-state index in [-0.39, 0.29) is 0 Å². The van der Waals surface area contributed by atoms with Crippen LogP contribution in [0.4, 0.5) is 0 Å². The van der Waals surface area contributed by atoms with E-state index in [0.717, 1.165) is 71.9 Å². The largest absolute Gasteiger partial charge is 0.455 e. The van der Waals surface area contributed by atoms with E-state index in [1.54, 1.807) is 0 Å². The van der Waals surface area contributed by atoms with Gasteiger partial charge in [0.1, 0.15) is 11.2 Å². The summed E-state index contributed by atoms with van der Waals surface area (Å²) in [6.45, 7) is 0. The second-order valence-electron chi connectivity index (χ2n) is 15.0. The minimum Gasteiger partial charge on any atom is -0.455 e. The number of hydrogen-bond donors (Lipinski definition) is 0. The normalized spacial score (nSPS) is 11.7. The molecular formula is C54H32N4O. The molecule has 0 amide bonds. The van der Waals surface area contributed by atoms with E-state index in [9.17, 15) is 0 Å². The molecule has 5 nitrogen and oxygen atoms in total. The highest BCUT2D eigenvalue weighted by molar-refractivity contribution is 6.26. The van der Waals surface area contributed by atoms with Gasteiger partial charge in [0.2, 0.25) is 0 Å². The van der Waals surface area contributed by atoms with Crippen molar-refractivity contribution >= 4 is 65.2 Å². The van der Waals surface area contributed by atoms with Crippen LogP contribution in [-0.4, -0.2) is 19.9 Å². The third kappa shape index (κ3) is 5.47. The first-order valence-corrected chi connectivity index (χ1v) is 19.8. The van der Waals surface area contributed by atoms with E-state index >= 15 is 0 Å². The summed E-state index contributed by atoms with van der Waals surface area (Å²) in [5.74, 6) is 1.78. The number of pyridine rings is 1. The van der Waals surface area contributed by atoms with Crippen LogP contribution in [-0.2, 0) is 0 Å². The first-order chi connectivity index (χ1) is 29.2. The second-order valence-corrected chi connectivity index (χ2v) is 15.0. The molecule has 3 aromatic heterocycles. The van der Waals surface area contributed by atoms with Gasteiger partial charge in [0, 0.05) is 33.0 Å². The lowest BCUT2D eigenvalue weighted by atomic mass is 9.92. The van der Waals surface area contributed by atoms with Crippen LogP contribution in [0.3, 0.4) is 0 Å². The number of benzene rings is 9. The molecule has 59 heavy (non-hydrogen) atoms. The average molecular weight is 753 g/mol. The molecule has 0 atom stereocenters. The van der Waals surface area contributed by atoms with Crippen molar-refractivity contribution in [3.63, 3.8) is 0 Å². The molecule has 0 radical (unpaired) electrons. The maximum absolute atomic E-state index is 6.70. The van der Waals surface area contributed by atoms with Gasteiger partial charge in [0.25, 0.3) is 0 Å². The first kappa shape index (κ1) is 33.2. The zero-order valence-electron chi connectivity index (χ0n) is 31.7. The van der Waals surface area contributed by atoms with Gasteiger partial charge in [-0.2, -0.15) is 0 Å². The minimum absolute atomic E-state index is 0.569. The van der Waals surface area contributed by atoms with Crippen LogP contribution in [0.25, 0.3) is 122 Å². The molecule has 0 N–H and O–H groups in total. The molecular weight excluding hydrogens is 721 g/mol. The Hall–Kier alpha value is -8.02. The lowest BCUT2D eigenvalue weighted by Gasteiger charge is -2.13. The van der Waals surface area contributed by atoms with Crippen molar-refractivity contribution in [3.8, 4) is 56.5 Å². The Morgan fingerprint density at radius 1 is 0.288 bits per heavy atom. The van der Waals surface area contributed by atoms with Crippen molar-refractivity contribution in [2.24, 2.45) is 0 Å². The Kier molecular flexibility index (Phi) is 7.47. The monoisotopic (exact) mass is 752 g/mol. The van der Waals surface area contributed by atoms with E-state index in [1.165, 1.54) is 32.3 Å². The highest BCUT2D eigenvalue weighted by atomic mass is 16.3. The van der Waals surface area contributed by atoms with Crippen molar-refractivity contribution in [1.82, 2.24) is 19.9 Å².